The van der Waals surface area contributed by atoms with Crippen LogP contribution in [-0.4, -0.2) is 52.1 Å². The molecule has 2 N–H and O–H groups in total. The zero-order valence-corrected chi connectivity index (χ0v) is 16.3. The van der Waals surface area contributed by atoms with E-state index in [-0.39, 0.29) is 29.8 Å². The van der Waals surface area contributed by atoms with Crippen molar-refractivity contribution in [3.8, 4) is 0 Å². The number of carbonyl (C=O) groups excluding carboxylic acids is 2. The average molecular weight is 441 g/mol. The highest BCUT2D eigenvalue weighted by molar-refractivity contribution is 8.01. The number of hydrogen-bond donors (Lipinski definition) is 2. The Morgan fingerprint density at radius 3 is 2.78 bits per heavy atom. The van der Waals surface area contributed by atoms with Gasteiger partial charge in [-0.05, 0) is 6.92 Å². The summed E-state index contributed by atoms with van der Waals surface area (Å²) in [5.74, 6) is -0.778. The third-order valence-corrected chi connectivity index (χ3v) is 5.42. The molecule has 0 saturated heterocycles. The van der Waals surface area contributed by atoms with Crippen molar-refractivity contribution in [2.75, 3.05) is 29.5 Å². The molecule has 0 atom stereocenters. The van der Waals surface area contributed by atoms with Gasteiger partial charge in [0.1, 0.15) is 6.54 Å². The van der Waals surface area contributed by atoms with Crippen LogP contribution in [0.2, 0.25) is 0 Å². The maximum Gasteiger partial charge on any atom is 0.405 e. The first kappa shape index (κ1) is 21.4. The fraction of sp³-hybridized carbons (Fsp3) is 0.462. The smallest absolute Gasteiger partial charge is 0.405 e. The van der Waals surface area contributed by atoms with E-state index in [1.807, 2.05) is 0 Å². The number of carbonyl (C=O) groups is 2. The van der Waals surface area contributed by atoms with Crippen LogP contribution < -0.4 is 10.6 Å². The van der Waals surface area contributed by atoms with Gasteiger partial charge in [-0.1, -0.05) is 23.1 Å². The van der Waals surface area contributed by atoms with E-state index in [0.717, 1.165) is 23.1 Å². The number of hydrogen-bond acceptors (Lipinski definition) is 10. The Labute approximate surface area is 163 Å². The third-order valence-electron chi connectivity index (χ3n) is 2.60. The fourth-order valence-electron chi connectivity index (χ4n) is 1.60. The summed E-state index contributed by atoms with van der Waals surface area (Å²) in [6.45, 7) is 0.781. The molecule has 1 amide bonds. The average Bonchev–Trinajstić information content (AvgIpc) is 3.20. The summed E-state index contributed by atoms with van der Waals surface area (Å²) >= 11 is 3.13. The molecule has 0 aliphatic carbocycles. The Hall–Kier alpha value is -1.93. The van der Waals surface area contributed by atoms with E-state index in [1.165, 1.54) is 11.3 Å². The van der Waals surface area contributed by atoms with Gasteiger partial charge in [-0.2, -0.15) is 13.2 Å². The lowest BCUT2D eigenvalue weighted by molar-refractivity contribution is -0.142. The predicted octanol–water partition coefficient (Wildman–Crippen LogP) is 2.81. The summed E-state index contributed by atoms with van der Waals surface area (Å²) in [6, 6.07) is 0. The lowest BCUT2D eigenvalue weighted by Gasteiger charge is -2.05. The molecular formula is C13H14F3N5O3S3. The number of thioether (sulfide) groups is 1. The first-order valence-electron chi connectivity index (χ1n) is 7.42. The molecule has 0 saturated carbocycles. The van der Waals surface area contributed by atoms with Crippen molar-refractivity contribution in [1.82, 2.24) is 15.2 Å². The predicted molar refractivity (Wildman–Crippen MR) is 96.3 cm³/mol. The Morgan fingerprint density at radius 1 is 1.30 bits per heavy atom. The molecule has 2 aromatic rings. The molecule has 27 heavy (non-hydrogen) atoms. The van der Waals surface area contributed by atoms with Gasteiger partial charge in [0.25, 0.3) is 0 Å². The zero-order valence-electron chi connectivity index (χ0n) is 13.8. The summed E-state index contributed by atoms with van der Waals surface area (Å²) in [5.41, 5.74) is 0.492. The molecular weight excluding hydrogens is 427 g/mol. The summed E-state index contributed by atoms with van der Waals surface area (Å²) in [4.78, 5) is 27.4. The van der Waals surface area contributed by atoms with Crippen molar-refractivity contribution in [2.24, 2.45) is 0 Å². The SMILES string of the molecule is CCOC(=O)Cc1csc(NC(=O)CSc2nnc(NCC(F)(F)F)s2)n1. The quantitative estimate of drug-likeness (QED) is 0.452. The summed E-state index contributed by atoms with van der Waals surface area (Å²) in [5, 5.41) is 14.0. The lowest BCUT2D eigenvalue weighted by Crippen LogP contribution is -2.21. The Morgan fingerprint density at radius 2 is 2.07 bits per heavy atom. The first-order valence-corrected chi connectivity index (χ1v) is 10.1. The number of alkyl halides is 3. The minimum atomic E-state index is -4.35. The molecule has 148 valence electrons. The second-order valence-corrected chi connectivity index (χ2v) is 7.86. The third kappa shape index (κ3) is 8.09. The van der Waals surface area contributed by atoms with Crippen LogP contribution in [0.5, 0.6) is 0 Å². The van der Waals surface area contributed by atoms with Gasteiger partial charge < -0.3 is 15.4 Å². The molecule has 0 fully saturated rings. The Balaban J connectivity index is 1.76. The Kier molecular flexibility index (Phi) is 7.79. The van der Waals surface area contributed by atoms with Crippen molar-refractivity contribution in [1.29, 1.82) is 0 Å². The Bertz CT molecular complexity index is 781. The van der Waals surface area contributed by atoms with Crippen molar-refractivity contribution in [2.45, 2.75) is 23.9 Å². The molecule has 2 aromatic heterocycles. The molecule has 0 aromatic carbocycles. The van der Waals surface area contributed by atoms with Crippen LogP contribution in [0.1, 0.15) is 12.6 Å². The summed E-state index contributed by atoms with van der Waals surface area (Å²) in [6.07, 6.45) is -4.33. The van der Waals surface area contributed by atoms with Crippen LogP contribution in [0.15, 0.2) is 9.72 Å². The van der Waals surface area contributed by atoms with Crippen LogP contribution in [0.3, 0.4) is 0 Å². The number of halogens is 3. The highest BCUT2D eigenvalue weighted by Gasteiger charge is 2.27. The number of amides is 1. The standard InChI is InChI=1S/C13H14F3N5O3S3/c1-2-24-9(23)3-7-4-25-11(18-7)19-8(22)5-26-12-21-20-10(27-12)17-6-13(14,15)16/h4H,2-3,5-6H2,1H3,(H,17,20)(H,18,19,22). The van der Waals surface area contributed by atoms with Crippen molar-refractivity contribution in [3.63, 3.8) is 0 Å². The summed E-state index contributed by atoms with van der Waals surface area (Å²) < 4.78 is 41.5. The molecule has 2 heterocycles. The molecule has 0 aliphatic heterocycles. The van der Waals surface area contributed by atoms with E-state index in [2.05, 4.69) is 25.8 Å². The number of nitrogens with one attached hydrogen (secondary N) is 2. The molecule has 0 unspecified atom stereocenters. The van der Waals surface area contributed by atoms with Crippen molar-refractivity contribution < 1.29 is 27.5 Å². The van der Waals surface area contributed by atoms with E-state index in [1.54, 1.807) is 12.3 Å². The normalized spacial score (nSPS) is 11.3. The van der Waals surface area contributed by atoms with E-state index < -0.39 is 18.7 Å². The number of aromatic nitrogens is 3. The fourth-order valence-corrected chi connectivity index (χ4v) is 3.88. The van der Waals surface area contributed by atoms with Crippen LogP contribution in [-0.2, 0) is 20.7 Å². The molecule has 0 radical (unpaired) electrons. The maximum atomic E-state index is 12.1. The van der Waals surface area contributed by atoms with E-state index >= 15 is 0 Å². The highest BCUT2D eigenvalue weighted by atomic mass is 32.2. The van der Waals surface area contributed by atoms with Crippen molar-refractivity contribution >= 4 is 56.6 Å². The molecule has 0 bridgehead atoms. The van der Waals surface area contributed by atoms with Gasteiger partial charge in [-0.25, -0.2) is 4.98 Å². The van der Waals surface area contributed by atoms with Gasteiger partial charge >= 0.3 is 12.1 Å². The second kappa shape index (κ2) is 9.85. The highest BCUT2D eigenvalue weighted by Crippen LogP contribution is 2.27. The number of rotatable bonds is 9. The second-order valence-electron chi connectivity index (χ2n) is 4.80. The molecule has 0 spiro atoms. The minimum Gasteiger partial charge on any atom is -0.466 e. The minimum absolute atomic E-state index is 0.0132. The van der Waals surface area contributed by atoms with Gasteiger partial charge in [0, 0.05) is 5.38 Å². The number of ether oxygens (including phenoxy) is 1. The number of thiazole rings is 1. The van der Waals surface area contributed by atoms with Crippen LogP contribution in [0, 0.1) is 0 Å². The number of nitrogens with zero attached hydrogens (tertiary/aromatic N) is 3. The largest absolute Gasteiger partial charge is 0.466 e. The first-order chi connectivity index (χ1) is 12.7. The van der Waals surface area contributed by atoms with Crippen LogP contribution >= 0.6 is 34.4 Å². The summed E-state index contributed by atoms with van der Waals surface area (Å²) in [7, 11) is 0. The van der Waals surface area contributed by atoms with Crippen molar-refractivity contribution in [3.05, 3.63) is 11.1 Å². The zero-order chi connectivity index (χ0) is 19.9. The number of esters is 1. The molecule has 14 heteroatoms. The van der Waals surface area contributed by atoms with Gasteiger partial charge in [0.2, 0.25) is 11.0 Å². The van der Waals surface area contributed by atoms with Gasteiger partial charge in [0.15, 0.2) is 9.47 Å². The maximum absolute atomic E-state index is 12.1. The molecule has 8 nitrogen and oxygen atoms in total. The monoisotopic (exact) mass is 441 g/mol. The van der Waals surface area contributed by atoms with Crippen LogP contribution in [0.4, 0.5) is 23.4 Å². The van der Waals surface area contributed by atoms with Gasteiger partial charge in [-0.3, -0.25) is 9.59 Å². The lowest BCUT2D eigenvalue weighted by atomic mass is 10.3. The number of anilines is 2. The van der Waals surface area contributed by atoms with E-state index in [0.29, 0.717) is 15.2 Å². The van der Waals surface area contributed by atoms with Gasteiger partial charge in [0.05, 0.1) is 24.5 Å². The molecule has 2 rings (SSSR count). The molecule has 0 aliphatic rings. The topological polar surface area (TPSA) is 106 Å². The van der Waals surface area contributed by atoms with Crippen LogP contribution in [0.25, 0.3) is 0 Å². The van der Waals surface area contributed by atoms with E-state index in [4.69, 9.17) is 4.74 Å². The van der Waals surface area contributed by atoms with E-state index in [9.17, 15) is 22.8 Å². The van der Waals surface area contributed by atoms with Gasteiger partial charge in [-0.15, -0.1) is 21.5 Å².